The van der Waals surface area contributed by atoms with Gasteiger partial charge in [-0.1, -0.05) is 24.6 Å². The van der Waals surface area contributed by atoms with Crippen molar-refractivity contribution in [2.24, 2.45) is 0 Å². The summed E-state index contributed by atoms with van der Waals surface area (Å²) in [6, 6.07) is 8.12. The number of H-pyrrole nitrogens is 1. The molecule has 27 heavy (non-hydrogen) atoms. The smallest absolute Gasteiger partial charge is 0.237 e. The Balaban J connectivity index is 1.26. The maximum atomic E-state index is 13.0. The molecular formula is C21H26N4O2. The maximum absolute atomic E-state index is 13.0. The van der Waals surface area contributed by atoms with Crippen molar-refractivity contribution in [3.63, 3.8) is 0 Å². The van der Waals surface area contributed by atoms with Gasteiger partial charge in [-0.05, 0) is 18.9 Å². The summed E-state index contributed by atoms with van der Waals surface area (Å²) in [5, 5.41) is 7.80. The molecule has 0 saturated heterocycles. The molecule has 2 aliphatic heterocycles. The van der Waals surface area contributed by atoms with Gasteiger partial charge in [0, 0.05) is 55.3 Å². The van der Waals surface area contributed by atoms with E-state index in [-0.39, 0.29) is 5.91 Å². The van der Waals surface area contributed by atoms with Crippen LogP contribution in [-0.2, 0) is 24.3 Å². The van der Waals surface area contributed by atoms with Crippen molar-refractivity contribution in [1.82, 2.24) is 20.0 Å². The number of nitrogens with zero attached hydrogens (tertiary/aromatic N) is 3. The van der Waals surface area contributed by atoms with Crippen LogP contribution in [-0.4, -0.2) is 52.1 Å². The molecule has 6 nitrogen and oxygen atoms in total. The number of hydrogen-bond donors (Lipinski definition) is 1. The molecule has 5 rings (SSSR count). The van der Waals surface area contributed by atoms with E-state index in [0.29, 0.717) is 25.6 Å². The van der Waals surface area contributed by atoms with Crippen LogP contribution in [0.15, 0.2) is 24.3 Å². The van der Waals surface area contributed by atoms with E-state index in [9.17, 15) is 4.79 Å². The Morgan fingerprint density at radius 2 is 2.11 bits per heavy atom. The van der Waals surface area contributed by atoms with Gasteiger partial charge in [0.1, 0.15) is 12.4 Å². The number of fused-ring (bicyclic) bond motifs is 2. The molecule has 1 aromatic heterocycles. The van der Waals surface area contributed by atoms with Crippen LogP contribution in [0, 0.1) is 0 Å². The van der Waals surface area contributed by atoms with Crippen molar-refractivity contribution in [3.8, 4) is 5.75 Å². The molecule has 0 unspecified atom stereocenters. The lowest BCUT2D eigenvalue weighted by molar-refractivity contribution is -0.133. The van der Waals surface area contributed by atoms with Crippen molar-refractivity contribution in [3.05, 3.63) is 46.8 Å². The third kappa shape index (κ3) is 3.23. The van der Waals surface area contributed by atoms with E-state index in [1.807, 2.05) is 23.1 Å². The summed E-state index contributed by atoms with van der Waals surface area (Å²) >= 11 is 0. The molecule has 1 amide bonds. The summed E-state index contributed by atoms with van der Waals surface area (Å²) in [4.78, 5) is 17.2. The molecule has 0 bridgehead atoms. The van der Waals surface area contributed by atoms with Crippen molar-refractivity contribution < 1.29 is 9.53 Å². The largest absolute Gasteiger partial charge is 0.492 e. The van der Waals surface area contributed by atoms with E-state index in [2.05, 4.69) is 21.2 Å². The molecule has 0 spiro atoms. The summed E-state index contributed by atoms with van der Waals surface area (Å²) in [6.07, 6.45) is 4.65. The van der Waals surface area contributed by atoms with Crippen LogP contribution in [0.5, 0.6) is 5.75 Å². The van der Waals surface area contributed by atoms with Crippen LogP contribution >= 0.6 is 0 Å². The number of nitrogens with one attached hydrogen (secondary N) is 1. The minimum Gasteiger partial charge on any atom is -0.492 e. The van der Waals surface area contributed by atoms with Gasteiger partial charge < -0.3 is 9.64 Å². The zero-order valence-corrected chi connectivity index (χ0v) is 15.6. The average molecular weight is 366 g/mol. The van der Waals surface area contributed by atoms with Gasteiger partial charge >= 0.3 is 0 Å². The normalized spacial score (nSPS) is 20.2. The lowest BCUT2D eigenvalue weighted by Gasteiger charge is -2.31. The van der Waals surface area contributed by atoms with Gasteiger partial charge in [-0.2, -0.15) is 5.10 Å². The third-order valence-corrected chi connectivity index (χ3v) is 6.20. The van der Waals surface area contributed by atoms with Crippen LogP contribution in [0.3, 0.4) is 0 Å². The Labute approximate surface area is 159 Å². The molecule has 0 radical (unpaired) electrons. The Bertz CT molecular complexity index is 842. The average Bonchev–Trinajstić information content (AvgIpc) is 2.92. The molecule has 1 aromatic carbocycles. The molecule has 2 aromatic rings. The first-order valence-corrected chi connectivity index (χ1v) is 10.0. The van der Waals surface area contributed by atoms with Gasteiger partial charge in [-0.15, -0.1) is 0 Å². The fourth-order valence-electron chi connectivity index (χ4n) is 4.36. The molecule has 1 N–H and O–H groups in total. The molecule has 1 aliphatic carbocycles. The highest BCUT2D eigenvalue weighted by atomic mass is 16.5. The second kappa shape index (κ2) is 7.00. The number of rotatable bonds is 3. The molecule has 1 fully saturated rings. The topological polar surface area (TPSA) is 61.5 Å². The summed E-state index contributed by atoms with van der Waals surface area (Å²) in [5.74, 6) is 1.75. The number of amides is 1. The van der Waals surface area contributed by atoms with Crippen molar-refractivity contribution >= 4 is 5.91 Å². The van der Waals surface area contributed by atoms with Crippen LogP contribution in [0.2, 0.25) is 0 Å². The second-order valence-electron chi connectivity index (χ2n) is 7.93. The van der Waals surface area contributed by atoms with E-state index in [4.69, 9.17) is 4.74 Å². The van der Waals surface area contributed by atoms with Crippen molar-refractivity contribution in [2.75, 3.05) is 26.2 Å². The number of ether oxygens (including phenoxy) is 1. The standard InChI is InChI=1S/C21H26N4O2/c26-20(14-24-10-11-27-19-7-2-1-4-16(19)12-24)25-9-8-18-17(13-25)21(23-22-18)15-5-3-6-15/h1-2,4,7,15H,3,5-6,8-14H2,(H,22,23). The number of para-hydroxylation sites is 1. The zero-order chi connectivity index (χ0) is 18.2. The SMILES string of the molecule is O=C(CN1CCOc2ccccc2C1)N1CCc2[nH]nc(C3CCC3)c2C1. The fourth-order valence-corrected chi connectivity index (χ4v) is 4.36. The number of aromatic nitrogens is 2. The molecule has 1 saturated carbocycles. The highest BCUT2D eigenvalue weighted by Crippen LogP contribution is 2.38. The summed E-state index contributed by atoms with van der Waals surface area (Å²) in [7, 11) is 0. The Kier molecular flexibility index (Phi) is 4.36. The van der Waals surface area contributed by atoms with Crippen molar-refractivity contribution in [1.29, 1.82) is 0 Å². The quantitative estimate of drug-likeness (QED) is 0.906. The molecular weight excluding hydrogens is 340 g/mol. The number of aromatic amines is 1. The lowest BCUT2D eigenvalue weighted by atomic mass is 9.81. The van der Waals surface area contributed by atoms with Gasteiger partial charge in [-0.3, -0.25) is 14.8 Å². The molecule has 142 valence electrons. The van der Waals surface area contributed by atoms with Gasteiger partial charge in [0.25, 0.3) is 0 Å². The highest BCUT2D eigenvalue weighted by Gasteiger charge is 2.31. The van der Waals surface area contributed by atoms with Crippen LogP contribution in [0.4, 0.5) is 0 Å². The summed E-state index contributed by atoms with van der Waals surface area (Å²) in [6.45, 7) is 4.10. The third-order valence-electron chi connectivity index (χ3n) is 6.20. The zero-order valence-electron chi connectivity index (χ0n) is 15.6. The predicted octanol–water partition coefficient (Wildman–Crippen LogP) is 2.46. The van der Waals surface area contributed by atoms with Gasteiger partial charge in [0.15, 0.2) is 0 Å². The summed E-state index contributed by atoms with van der Waals surface area (Å²) < 4.78 is 5.82. The van der Waals surface area contributed by atoms with E-state index in [1.165, 1.54) is 36.2 Å². The Morgan fingerprint density at radius 1 is 1.22 bits per heavy atom. The van der Waals surface area contributed by atoms with Crippen LogP contribution in [0.1, 0.15) is 47.7 Å². The van der Waals surface area contributed by atoms with Crippen LogP contribution in [0.25, 0.3) is 0 Å². The van der Waals surface area contributed by atoms with E-state index in [1.54, 1.807) is 0 Å². The number of benzene rings is 1. The first kappa shape index (κ1) is 16.8. The first-order chi connectivity index (χ1) is 13.3. The van der Waals surface area contributed by atoms with E-state index >= 15 is 0 Å². The molecule has 3 aliphatic rings. The van der Waals surface area contributed by atoms with E-state index < -0.39 is 0 Å². The minimum absolute atomic E-state index is 0.209. The number of carbonyl (C=O) groups excluding carboxylic acids is 1. The highest BCUT2D eigenvalue weighted by molar-refractivity contribution is 5.78. The summed E-state index contributed by atoms with van der Waals surface area (Å²) in [5.41, 5.74) is 4.89. The molecule has 3 heterocycles. The minimum atomic E-state index is 0.209. The predicted molar refractivity (Wildman–Crippen MR) is 102 cm³/mol. The first-order valence-electron chi connectivity index (χ1n) is 10.0. The molecule has 6 heteroatoms. The Hall–Kier alpha value is -2.34. The fraction of sp³-hybridized carbons (Fsp3) is 0.524. The monoisotopic (exact) mass is 366 g/mol. The van der Waals surface area contributed by atoms with E-state index in [0.717, 1.165) is 37.4 Å². The van der Waals surface area contributed by atoms with Gasteiger partial charge in [0.05, 0.1) is 12.2 Å². The number of carbonyl (C=O) groups is 1. The van der Waals surface area contributed by atoms with Gasteiger partial charge in [-0.25, -0.2) is 0 Å². The maximum Gasteiger partial charge on any atom is 0.237 e. The number of hydrogen-bond acceptors (Lipinski definition) is 4. The van der Waals surface area contributed by atoms with Crippen LogP contribution < -0.4 is 4.74 Å². The molecule has 0 atom stereocenters. The van der Waals surface area contributed by atoms with Gasteiger partial charge in [0.2, 0.25) is 5.91 Å². The Morgan fingerprint density at radius 3 is 2.96 bits per heavy atom. The lowest BCUT2D eigenvalue weighted by Crippen LogP contribution is -2.43. The second-order valence-corrected chi connectivity index (χ2v) is 7.93. The van der Waals surface area contributed by atoms with Crippen molar-refractivity contribution in [2.45, 2.75) is 44.7 Å².